The molecular weight excluding hydrogens is 551 g/mol. The average molecular weight is 584 g/mol. The Bertz CT molecular complexity index is 1420. The Morgan fingerprint density at radius 1 is 0.833 bits per heavy atom. The molecule has 0 unspecified atom stereocenters. The summed E-state index contributed by atoms with van der Waals surface area (Å²) in [6.07, 6.45) is -2.70. The lowest BCUT2D eigenvalue weighted by atomic mass is 9.86. The van der Waals surface area contributed by atoms with Crippen LogP contribution in [0.5, 0.6) is 11.5 Å². The first-order chi connectivity index (χ1) is 20.0. The first-order valence-electron chi connectivity index (χ1n) is 13.7. The highest BCUT2D eigenvalue weighted by Crippen LogP contribution is 2.35. The van der Waals surface area contributed by atoms with Crippen molar-refractivity contribution in [1.82, 2.24) is 15.1 Å². The maximum atomic E-state index is 12.9. The van der Waals surface area contributed by atoms with E-state index in [0.29, 0.717) is 63.1 Å². The molecule has 0 atom stereocenters. The van der Waals surface area contributed by atoms with E-state index >= 15 is 0 Å². The van der Waals surface area contributed by atoms with E-state index in [1.165, 1.54) is 24.3 Å². The summed E-state index contributed by atoms with van der Waals surface area (Å²) in [4.78, 5) is 29.2. The van der Waals surface area contributed by atoms with Gasteiger partial charge in [-0.2, -0.15) is 13.2 Å². The highest BCUT2D eigenvalue weighted by Gasteiger charge is 2.43. The van der Waals surface area contributed by atoms with Crippen LogP contribution in [-0.4, -0.2) is 57.2 Å². The van der Waals surface area contributed by atoms with Gasteiger partial charge >= 0.3 is 12.3 Å². The van der Waals surface area contributed by atoms with E-state index in [-0.39, 0.29) is 30.0 Å². The molecule has 2 amide bonds. The lowest BCUT2D eigenvalue weighted by Crippen LogP contribution is -2.54. The number of phenols is 2. The van der Waals surface area contributed by atoms with Crippen LogP contribution in [0.4, 0.5) is 18.0 Å². The van der Waals surface area contributed by atoms with E-state index in [2.05, 4.69) is 10.2 Å². The van der Waals surface area contributed by atoms with Gasteiger partial charge in [-0.1, -0.05) is 30.3 Å². The minimum atomic E-state index is -4.35. The normalized spacial score (nSPS) is 17.2. The zero-order chi connectivity index (χ0) is 29.9. The predicted molar refractivity (Wildman–Crippen MR) is 148 cm³/mol. The SMILES string of the molecule is O=C(NCc1ccc(O)c(O)c1)c1ccc(CN2CCC3(CCN(Cc4ccc(C(F)(F)F)cc4)CC3)OC2=O)cc1. The summed E-state index contributed by atoms with van der Waals surface area (Å²) < 4.78 is 44.4. The molecule has 3 aromatic rings. The first-order valence-corrected chi connectivity index (χ1v) is 13.7. The van der Waals surface area contributed by atoms with Gasteiger partial charge < -0.3 is 25.2 Å². The van der Waals surface area contributed by atoms with Crippen molar-refractivity contribution in [2.24, 2.45) is 0 Å². The summed E-state index contributed by atoms with van der Waals surface area (Å²) in [5, 5.41) is 21.8. The zero-order valence-electron chi connectivity index (χ0n) is 22.9. The Balaban J connectivity index is 1.07. The van der Waals surface area contributed by atoms with E-state index in [1.54, 1.807) is 35.2 Å². The van der Waals surface area contributed by atoms with Crippen LogP contribution in [0.1, 0.15) is 51.9 Å². The van der Waals surface area contributed by atoms with Gasteiger partial charge in [0.2, 0.25) is 0 Å². The minimum Gasteiger partial charge on any atom is -0.504 e. The molecule has 2 fully saturated rings. The van der Waals surface area contributed by atoms with Crippen LogP contribution in [0, 0.1) is 0 Å². The summed E-state index contributed by atoms with van der Waals surface area (Å²) in [5.41, 5.74) is 1.57. The number of piperidine rings is 1. The number of hydrogen-bond donors (Lipinski definition) is 3. The molecule has 0 radical (unpaired) electrons. The number of nitrogens with one attached hydrogen (secondary N) is 1. The third kappa shape index (κ3) is 6.96. The van der Waals surface area contributed by atoms with Crippen molar-refractivity contribution in [3.63, 3.8) is 0 Å². The van der Waals surface area contributed by atoms with Crippen molar-refractivity contribution in [2.45, 2.75) is 50.7 Å². The second-order valence-corrected chi connectivity index (χ2v) is 10.9. The Labute approximate surface area is 241 Å². The van der Waals surface area contributed by atoms with E-state index < -0.39 is 17.3 Å². The second kappa shape index (κ2) is 11.9. The number of phenolic OH excluding ortho intramolecular Hbond substituents is 2. The molecule has 2 heterocycles. The molecule has 1 spiro atoms. The number of nitrogens with zero attached hydrogens (tertiary/aromatic N) is 2. The van der Waals surface area contributed by atoms with Crippen LogP contribution in [0.2, 0.25) is 0 Å². The molecule has 2 saturated heterocycles. The highest BCUT2D eigenvalue weighted by molar-refractivity contribution is 5.94. The lowest BCUT2D eigenvalue weighted by Gasteiger charge is -2.46. The van der Waals surface area contributed by atoms with Crippen molar-refractivity contribution in [3.05, 3.63) is 94.5 Å². The van der Waals surface area contributed by atoms with Gasteiger partial charge in [-0.05, 0) is 53.1 Å². The highest BCUT2D eigenvalue weighted by atomic mass is 19.4. The van der Waals surface area contributed by atoms with Crippen LogP contribution in [0.25, 0.3) is 0 Å². The Hall–Kier alpha value is -4.25. The molecular formula is C31H32F3N3O5. The number of rotatable bonds is 7. The van der Waals surface area contributed by atoms with Gasteiger partial charge in [0, 0.05) is 64.1 Å². The van der Waals surface area contributed by atoms with Crippen molar-refractivity contribution in [1.29, 1.82) is 0 Å². The van der Waals surface area contributed by atoms with Gasteiger partial charge in [0.15, 0.2) is 11.5 Å². The van der Waals surface area contributed by atoms with Crippen molar-refractivity contribution >= 4 is 12.0 Å². The summed E-state index contributed by atoms with van der Waals surface area (Å²) >= 11 is 0. The van der Waals surface area contributed by atoms with Crippen molar-refractivity contribution in [2.75, 3.05) is 19.6 Å². The molecule has 0 bridgehead atoms. The van der Waals surface area contributed by atoms with E-state index in [1.807, 2.05) is 0 Å². The van der Waals surface area contributed by atoms with Gasteiger partial charge in [0.05, 0.1) is 5.56 Å². The zero-order valence-corrected chi connectivity index (χ0v) is 22.9. The quantitative estimate of drug-likeness (QED) is 0.321. The van der Waals surface area contributed by atoms with Gasteiger partial charge in [0.1, 0.15) is 5.60 Å². The van der Waals surface area contributed by atoms with Crippen LogP contribution >= 0.6 is 0 Å². The molecule has 2 aliphatic heterocycles. The Morgan fingerprint density at radius 3 is 2.05 bits per heavy atom. The summed E-state index contributed by atoms with van der Waals surface area (Å²) in [7, 11) is 0. The molecule has 5 rings (SSSR count). The standard InChI is InChI=1S/C31H32F3N3O5/c32-31(33,34)25-8-3-21(4-9-25)19-36-14-11-30(12-15-36)13-16-37(29(41)42-30)20-22-1-6-24(7-2-22)28(40)35-18-23-5-10-26(38)27(39)17-23/h1-10,17,38-39H,11-16,18-20H2,(H,35,40). The van der Waals surface area contributed by atoms with E-state index in [0.717, 1.165) is 23.3 Å². The van der Waals surface area contributed by atoms with Crippen LogP contribution in [0.3, 0.4) is 0 Å². The maximum absolute atomic E-state index is 12.9. The van der Waals surface area contributed by atoms with Crippen molar-refractivity contribution < 1.29 is 37.7 Å². The van der Waals surface area contributed by atoms with Crippen LogP contribution in [0.15, 0.2) is 66.7 Å². The second-order valence-electron chi connectivity index (χ2n) is 10.9. The lowest BCUT2D eigenvalue weighted by molar-refractivity contribution is -0.137. The molecule has 0 aliphatic carbocycles. The van der Waals surface area contributed by atoms with Crippen molar-refractivity contribution in [3.8, 4) is 11.5 Å². The molecule has 11 heteroatoms. The number of carbonyl (C=O) groups excluding carboxylic acids is 2. The molecule has 0 saturated carbocycles. The number of carbonyl (C=O) groups is 2. The summed E-state index contributed by atoms with van der Waals surface area (Å²) in [6.45, 7) is 2.99. The van der Waals surface area contributed by atoms with Crippen LogP contribution in [-0.2, 0) is 30.5 Å². The van der Waals surface area contributed by atoms with Crippen LogP contribution < -0.4 is 5.32 Å². The number of alkyl halides is 3. The fourth-order valence-electron chi connectivity index (χ4n) is 5.35. The smallest absolute Gasteiger partial charge is 0.416 e. The Morgan fingerprint density at radius 2 is 1.43 bits per heavy atom. The molecule has 3 N–H and O–H groups in total. The van der Waals surface area contributed by atoms with Gasteiger partial charge in [-0.25, -0.2) is 4.79 Å². The van der Waals surface area contributed by atoms with E-state index in [4.69, 9.17) is 4.74 Å². The summed E-state index contributed by atoms with van der Waals surface area (Å²) in [5.74, 6) is -0.776. The van der Waals surface area contributed by atoms with Gasteiger partial charge in [0.25, 0.3) is 5.91 Å². The first kappa shape index (κ1) is 29.2. The number of hydrogen-bond acceptors (Lipinski definition) is 6. The van der Waals surface area contributed by atoms with Gasteiger partial charge in [-0.3, -0.25) is 9.69 Å². The fraction of sp³-hybridized carbons (Fsp3) is 0.355. The third-order valence-corrected chi connectivity index (χ3v) is 7.94. The monoisotopic (exact) mass is 583 g/mol. The number of ether oxygens (including phenoxy) is 1. The minimum absolute atomic E-state index is 0.183. The average Bonchev–Trinajstić information content (AvgIpc) is 2.97. The molecule has 222 valence electrons. The molecule has 0 aromatic heterocycles. The number of aromatic hydroxyl groups is 2. The van der Waals surface area contributed by atoms with E-state index in [9.17, 15) is 33.0 Å². The van der Waals surface area contributed by atoms with Gasteiger partial charge in [-0.15, -0.1) is 0 Å². The third-order valence-electron chi connectivity index (χ3n) is 7.94. The number of amides is 2. The molecule has 2 aliphatic rings. The molecule has 42 heavy (non-hydrogen) atoms. The predicted octanol–water partition coefficient (Wildman–Crippen LogP) is 5.42. The number of likely N-dealkylation sites (tertiary alicyclic amines) is 1. The Kier molecular flexibility index (Phi) is 8.31. The maximum Gasteiger partial charge on any atom is 0.416 e. The largest absolute Gasteiger partial charge is 0.504 e. The number of halogens is 3. The fourth-order valence-corrected chi connectivity index (χ4v) is 5.35. The summed E-state index contributed by atoms with van der Waals surface area (Å²) in [6, 6.07) is 16.5. The molecule has 3 aromatic carbocycles. The number of benzene rings is 3. The molecule has 8 nitrogen and oxygen atoms in total. The topological polar surface area (TPSA) is 102 Å².